The van der Waals surface area contributed by atoms with Gasteiger partial charge in [-0.05, 0) is 26.7 Å². The highest BCUT2D eigenvalue weighted by Crippen LogP contribution is 2.19. The second kappa shape index (κ2) is 13.4. The average Bonchev–Trinajstić information content (AvgIpc) is 2.33. The third-order valence-corrected chi connectivity index (χ3v) is 3.92. The number of amides is 1. The van der Waals surface area contributed by atoms with Crippen LogP contribution in [-0.2, 0) is 14.9 Å². The predicted molar refractivity (Wildman–Crippen MR) is 96.0 cm³/mol. The summed E-state index contributed by atoms with van der Waals surface area (Å²) in [6, 6.07) is 0. The first-order chi connectivity index (χ1) is 10.1. The Morgan fingerprint density at radius 3 is 2.25 bits per heavy atom. The van der Waals surface area contributed by atoms with Crippen molar-refractivity contribution in [2.45, 2.75) is 85.9 Å². The van der Waals surface area contributed by atoms with E-state index in [0.29, 0.717) is 0 Å². The highest BCUT2D eigenvalue weighted by molar-refractivity contribution is 7.85. The Morgan fingerprint density at radius 1 is 1.21 bits per heavy atom. The van der Waals surface area contributed by atoms with Crippen LogP contribution < -0.4 is 5.32 Å². The number of rotatable bonds is 11. The molecular formula is C16H36NO6S-. The summed E-state index contributed by atoms with van der Waals surface area (Å²) in [5.41, 5.74) is -0.633. The smallest absolute Gasteiger partial charge is 0.407 e. The zero-order valence-corrected chi connectivity index (χ0v) is 14.4. The minimum absolute atomic E-state index is 0. The monoisotopic (exact) mass is 370 g/mol. The molecule has 0 bridgehead atoms. The van der Waals surface area contributed by atoms with E-state index < -0.39 is 33.7 Å². The van der Waals surface area contributed by atoms with Gasteiger partial charge in [0, 0.05) is 6.54 Å². The second-order valence-corrected chi connectivity index (χ2v) is 7.52. The van der Waals surface area contributed by atoms with Crippen LogP contribution in [0.2, 0.25) is 0 Å². The quantitative estimate of drug-likeness (QED) is 0.426. The fourth-order valence-electron chi connectivity index (χ4n) is 1.99. The number of ether oxygens (including phenoxy) is 1. The fraction of sp³-hybridized carbons (Fsp3) is 0.938. The first-order valence-electron chi connectivity index (χ1n) is 7.64. The van der Waals surface area contributed by atoms with Gasteiger partial charge in [0.2, 0.25) is 0 Å². The molecule has 1 atom stereocenters. The first-order valence-corrected chi connectivity index (χ1v) is 9.22. The highest BCUT2D eigenvalue weighted by atomic mass is 32.2. The van der Waals surface area contributed by atoms with E-state index in [9.17, 15) is 22.9 Å². The molecule has 0 heterocycles. The Labute approximate surface area is 147 Å². The molecule has 2 N–H and O–H groups in total. The Kier molecular flexibility index (Phi) is 15.7. The number of hydrogen-bond acceptors (Lipinski definition) is 6. The van der Waals surface area contributed by atoms with E-state index >= 15 is 0 Å². The number of carbonyl (C=O) groups excluding carboxylic acids is 1. The van der Waals surface area contributed by atoms with Gasteiger partial charge in [0.25, 0.3) is 0 Å². The Balaban J connectivity index is -0.00000220. The zero-order chi connectivity index (χ0) is 17.2. The summed E-state index contributed by atoms with van der Waals surface area (Å²) in [6.45, 7) is 5.40. The van der Waals surface area contributed by atoms with Gasteiger partial charge in [-0.15, -0.1) is 0 Å². The number of nitrogens with one attached hydrogen (secondary N) is 1. The van der Waals surface area contributed by atoms with Gasteiger partial charge in [-0.25, -0.2) is 13.2 Å². The number of hydrogen-bond donors (Lipinski definition) is 2. The molecule has 0 aromatic rings. The number of aliphatic hydroxyl groups excluding tert-OH is 1. The van der Waals surface area contributed by atoms with E-state index in [1.165, 1.54) is 12.8 Å². The Bertz CT molecular complexity index is 422. The Hall–Kier alpha value is -0.860. The molecular weight excluding hydrogens is 334 g/mol. The molecule has 0 aromatic carbocycles. The molecule has 1 amide bonds. The molecule has 0 fully saturated rings. The molecule has 0 aliphatic heterocycles. The van der Waals surface area contributed by atoms with Crippen LogP contribution in [0.4, 0.5) is 4.79 Å². The van der Waals surface area contributed by atoms with Gasteiger partial charge in [-0.1, -0.05) is 47.5 Å². The highest BCUT2D eigenvalue weighted by Gasteiger charge is 2.22. The van der Waals surface area contributed by atoms with Crippen LogP contribution in [0.5, 0.6) is 0 Å². The van der Waals surface area contributed by atoms with E-state index in [2.05, 4.69) is 12.2 Å². The molecule has 148 valence electrons. The van der Waals surface area contributed by atoms with E-state index in [1.807, 2.05) is 0 Å². The summed E-state index contributed by atoms with van der Waals surface area (Å²) < 4.78 is 36.6. The van der Waals surface area contributed by atoms with Crippen molar-refractivity contribution < 1.29 is 27.6 Å². The number of alkyl carbamates (subject to hydrolysis) is 1. The predicted octanol–water partition coefficient (Wildman–Crippen LogP) is 3.03. The van der Waals surface area contributed by atoms with Crippen LogP contribution in [0.25, 0.3) is 0 Å². The van der Waals surface area contributed by atoms with E-state index in [-0.39, 0.29) is 21.4 Å². The van der Waals surface area contributed by atoms with Gasteiger partial charge in [0.05, 0.1) is 22.0 Å². The van der Waals surface area contributed by atoms with Crippen LogP contribution in [0.3, 0.4) is 0 Å². The van der Waals surface area contributed by atoms with Gasteiger partial charge in [0.15, 0.2) is 0 Å². The van der Waals surface area contributed by atoms with Crippen molar-refractivity contribution in [1.82, 2.24) is 5.32 Å². The molecule has 0 saturated heterocycles. The van der Waals surface area contributed by atoms with Crippen molar-refractivity contribution in [2.75, 3.05) is 12.3 Å². The van der Waals surface area contributed by atoms with Crippen molar-refractivity contribution in [3.8, 4) is 0 Å². The molecule has 0 aliphatic rings. The molecule has 0 aliphatic carbocycles. The summed E-state index contributed by atoms with van der Waals surface area (Å²) in [4.78, 5) is 11.6. The Morgan fingerprint density at radius 2 is 1.75 bits per heavy atom. The standard InChI is InChI=1S/C14H29NO6S.2CH4/c1-4-5-6-7-8-9-14(2,3)21-13(17)15-10-12(16)11-22(18,19)20;;/h12,16H,4-11H2,1-3H3,(H,15,17)(H,18,19,20);2*1H4/p-1. The topological polar surface area (TPSA) is 116 Å². The van der Waals surface area contributed by atoms with Crippen LogP contribution in [0.15, 0.2) is 0 Å². The lowest BCUT2D eigenvalue weighted by atomic mass is 9.99. The van der Waals surface area contributed by atoms with Crippen molar-refractivity contribution in [2.24, 2.45) is 0 Å². The fourth-order valence-corrected chi connectivity index (χ4v) is 2.58. The molecule has 0 aromatic heterocycles. The summed E-state index contributed by atoms with van der Waals surface area (Å²) >= 11 is 0. The molecule has 7 nitrogen and oxygen atoms in total. The number of aliphatic hydroxyl groups is 1. The number of unbranched alkanes of at least 4 members (excludes halogenated alkanes) is 4. The maximum atomic E-state index is 11.6. The van der Waals surface area contributed by atoms with Gasteiger partial charge in [-0.2, -0.15) is 0 Å². The van der Waals surface area contributed by atoms with Crippen molar-refractivity contribution in [3.63, 3.8) is 0 Å². The summed E-state index contributed by atoms with van der Waals surface area (Å²) in [7, 11) is -4.52. The normalized spacial score (nSPS) is 12.5. The SMILES string of the molecule is C.C.CCCCCCCC(C)(C)OC(=O)NCC(O)CS(=O)(=O)[O-]. The van der Waals surface area contributed by atoms with Crippen LogP contribution >= 0.6 is 0 Å². The molecule has 0 saturated carbocycles. The van der Waals surface area contributed by atoms with Gasteiger partial charge in [0.1, 0.15) is 5.60 Å². The second-order valence-electron chi connectivity index (χ2n) is 6.07. The average molecular weight is 371 g/mol. The molecule has 1 unspecified atom stereocenters. The summed E-state index contributed by atoms with van der Waals surface area (Å²) in [5.74, 6) is -0.936. The van der Waals surface area contributed by atoms with Crippen molar-refractivity contribution in [1.29, 1.82) is 0 Å². The minimum atomic E-state index is -4.52. The maximum absolute atomic E-state index is 11.6. The van der Waals surface area contributed by atoms with Gasteiger partial charge >= 0.3 is 6.09 Å². The lowest BCUT2D eigenvalue weighted by Crippen LogP contribution is -2.40. The van der Waals surface area contributed by atoms with E-state index in [4.69, 9.17) is 4.74 Å². The summed E-state index contributed by atoms with van der Waals surface area (Å²) in [6.07, 6.45) is 4.12. The minimum Gasteiger partial charge on any atom is -0.748 e. The maximum Gasteiger partial charge on any atom is 0.407 e. The molecule has 0 radical (unpaired) electrons. The molecule has 0 spiro atoms. The van der Waals surface area contributed by atoms with Gasteiger partial charge in [-0.3, -0.25) is 0 Å². The molecule has 0 rings (SSSR count). The largest absolute Gasteiger partial charge is 0.748 e. The zero-order valence-electron chi connectivity index (χ0n) is 13.6. The molecule has 8 heteroatoms. The number of carbonyl (C=O) groups is 1. The van der Waals surface area contributed by atoms with Crippen LogP contribution in [0, 0.1) is 0 Å². The van der Waals surface area contributed by atoms with Crippen molar-refractivity contribution >= 4 is 16.2 Å². The lowest BCUT2D eigenvalue weighted by Gasteiger charge is -2.25. The van der Waals surface area contributed by atoms with Crippen LogP contribution in [-0.4, -0.2) is 48.2 Å². The van der Waals surface area contributed by atoms with E-state index in [0.717, 1.165) is 25.7 Å². The first kappa shape index (κ1) is 28.0. The summed E-state index contributed by atoms with van der Waals surface area (Å²) in [5, 5.41) is 11.6. The van der Waals surface area contributed by atoms with Crippen LogP contribution in [0.1, 0.15) is 74.1 Å². The van der Waals surface area contributed by atoms with Gasteiger partial charge < -0.3 is 19.7 Å². The van der Waals surface area contributed by atoms with E-state index in [1.54, 1.807) is 13.8 Å². The molecule has 24 heavy (non-hydrogen) atoms. The lowest BCUT2D eigenvalue weighted by molar-refractivity contribution is 0.0287. The third kappa shape index (κ3) is 17.5. The third-order valence-electron chi connectivity index (χ3n) is 3.13. The van der Waals surface area contributed by atoms with Crippen molar-refractivity contribution in [3.05, 3.63) is 0 Å².